The number of benzene rings is 1. The van der Waals surface area contributed by atoms with E-state index in [9.17, 15) is 18.3 Å². The first-order valence-electron chi connectivity index (χ1n) is 11.1. The van der Waals surface area contributed by atoms with Gasteiger partial charge in [-0.2, -0.15) is 4.72 Å². The number of anilines is 1. The molecule has 2 heterocycles. The largest absolute Gasteiger partial charge is 0.391 e. The molecule has 0 aromatic heterocycles. The van der Waals surface area contributed by atoms with Gasteiger partial charge in [0.1, 0.15) is 10.9 Å². The number of rotatable bonds is 8. The molecule has 1 aromatic rings. The van der Waals surface area contributed by atoms with Crippen molar-refractivity contribution in [1.82, 2.24) is 9.62 Å². The Labute approximate surface area is 189 Å². The van der Waals surface area contributed by atoms with Gasteiger partial charge in [-0.05, 0) is 49.7 Å². The molecule has 178 valence electrons. The van der Waals surface area contributed by atoms with Crippen LogP contribution in [-0.2, 0) is 21.2 Å². The van der Waals surface area contributed by atoms with Crippen molar-refractivity contribution in [2.75, 3.05) is 31.5 Å². The molecule has 1 saturated heterocycles. The standard InChI is InChI=1S/C21H34N6O4S/c1-14-11-15-5-2-8-18(19(15)25-12-14)32(30,31)26-17(7-3-9-24-21(22)23)20(29)27-10-4-6-16(28)13-27/h2,5,8,14,16-17,25-26,28H,3-4,6-7,9-13H2,1H3,(H4,22,23,24). The Morgan fingerprint density at radius 1 is 1.41 bits per heavy atom. The van der Waals surface area contributed by atoms with Crippen LogP contribution in [0.15, 0.2) is 28.1 Å². The molecule has 3 unspecified atom stereocenters. The number of likely N-dealkylation sites (tertiary alicyclic amines) is 1. The summed E-state index contributed by atoms with van der Waals surface area (Å²) in [4.78, 5) is 18.8. The zero-order valence-corrected chi connectivity index (χ0v) is 19.3. The lowest BCUT2D eigenvalue weighted by Gasteiger charge is -2.33. The second-order valence-electron chi connectivity index (χ2n) is 8.68. The lowest BCUT2D eigenvalue weighted by molar-refractivity contribution is -0.136. The van der Waals surface area contributed by atoms with E-state index in [0.717, 1.165) is 12.0 Å². The van der Waals surface area contributed by atoms with Gasteiger partial charge in [0.15, 0.2) is 5.96 Å². The second-order valence-corrected chi connectivity index (χ2v) is 10.4. The van der Waals surface area contributed by atoms with Crippen molar-refractivity contribution < 1.29 is 18.3 Å². The number of carbonyl (C=O) groups is 1. The Morgan fingerprint density at radius 3 is 2.91 bits per heavy atom. The number of carbonyl (C=O) groups excluding carboxylic acids is 1. The van der Waals surface area contributed by atoms with Gasteiger partial charge < -0.3 is 26.8 Å². The molecular weight excluding hydrogens is 432 g/mol. The molecule has 0 saturated carbocycles. The van der Waals surface area contributed by atoms with Gasteiger partial charge in [0.25, 0.3) is 0 Å². The Balaban J connectivity index is 1.82. The summed E-state index contributed by atoms with van der Waals surface area (Å²) in [5.74, 6) is 0.0102. The van der Waals surface area contributed by atoms with Crippen LogP contribution < -0.4 is 21.5 Å². The molecule has 0 bridgehead atoms. The van der Waals surface area contributed by atoms with Gasteiger partial charge in [0.2, 0.25) is 15.9 Å². The summed E-state index contributed by atoms with van der Waals surface area (Å²) >= 11 is 0. The number of aliphatic hydroxyl groups excluding tert-OH is 1. The molecule has 1 amide bonds. The number of para-hydroxylation sites is 1. The van der Waals surface area contributed by atoms with Gasteiger partial charge in [-0.15, -0.1) is 0 Å². The van der Waals surface area contributed by atoms with Crippen molar-refractivity contribution in [2.24, 2.45) is 22.4 Å². The third kappa shape index (κ3) is 6.11. The maximum Gasteiger partial charge on any atom is 0.243 e. The topological polar surface area (TPSA) is 163 Å². The van der Waals surface area contributed by atoms with E-state index in [2.05, 4.69) is 22.0 Å². The van der Waals surface area contributed by atoms with Crippen LogP contribution in [0.5, 0.6) is 0 Å². The fourth-order valence-electron chi connectivity index (χ4n) is 4.26. The second kappa shape index (κ2) is 10.5. The predicted molar refractivity (Wildman–Crippen MR) is 124 cm³/mol. The smallest absolute Gasteiger partial charge is 0.243 e. The van der Waals surface area contributed by atoms with E-state index >= 15 is 0 Å². The average Bonchev–Trinajstić information content (AvgIpc) is 2.74. The number of sulfonamides is 1. The third-order valence-corrected chi connectivity index (χ3v) is 7.36. The monoisotopic (exact) mass is 466 g/mol. The van der Waals surface area contributed by atoms with Crippen molar-refractivity contribution in [3.8, 4) is 0 Å². The summed E-state index contributed by atoms with van der Waals surface area (Å²) in [5, 5.41) is 13.2. The van der Waals surface area contributed by atoms with Crippen LogP contribution in [0.4, 0.5) is 5.69 Å². The molecule has 0 radical (unpaired) electrons. The van der Waals surface area contributed by atoms with Gasteiger partial charge in [0, 0.05) is 26.2 Å². The van der Waals surface area contributed by atoms with Crippen LogP contribution in [0.25, 0.3) is 0 Å². The van der Waals surface area contributed by atoms with E-state index in [0.29, 0.717) is 44.0 Å². The van der Waals surface area contributed by atoms with Crippen molar-refractivity contribution in [2.45, 2.75) is 56.1 Å². The number of hydrogen-bond donors (Lipinski definition) is 5. The molecule has 2 aliphatic heterocycles. The van der Waals surface area contributed by atoms with E-state index in [1.165, 1.54) is 4.90 Å². The molecule has 0 spiro atoms. The minimum Gasteiger partial charge on any atom is -0.391 e. The van der Waals surface area contributed by atoms with Crippen LogP contribution in [0, 0.1) is 5.92 Å². The minimum atomic E-state index is -3.98. The number of fused-ring (bicyclic) bond motifs is 1. The number of piperidine rings is 1. The van der Waals surface area contributed by atoms with Crippen molar-refractivity contribution in [1.29, 1.82) is 0 Å². The average molecular weight is 467 g/mol. The number of hydrogen-bond acceptors (Lipinski definition) is 6. The molecule has 10 nitrogen and oxygen atoms in total. The first-order valence-corrected chi connectivity index (χ1v) is 12.6. The van der Waals surface area contributed by atoms with Crippen molar-refractivity contribution in [3.63, 3.8) is 0 Å². The molecule has 0 aliphatic carbocycles. The molecule has 2 aliphatic rings. The summed E-state index contributed by atoms with van der Waals surface area (Å²) < 4.78 is 29.3. The third-order valence-electron chi connectivity index (χ3n) is 5.85. The highest BCUT2D eigenvalue weighted by molar-refractivity contribution is 7.89. The highest BCUT2D eigenvalue weighted by Gasteiger charge is 2.33. The van der Waals surface area contributed by atoms with Gasteiger partial charge in [-0.25, -0.2) is 8.42 Å². The van der Waals surface area contributed by atoms with E-state index in [1.54, 1.807) is 12.1 Å². The quantitative estimate of drug-likeness (QED) is 0.204. The van der Waals surface area contributed by atoms with E-state index in [4.69, 9.17) is 11.5 Å². The minimum absolute atomic E-state index is 0.0520. The summed E-state index contributed by atoms with van der Waals surface area (Å²) in [6.45, 7) is 3.77. The normalized spacial score (nSPS) is 21.9. The predicted octanol–water partition coefficient (Wildman–Crippen LogP) is -0.0255. The van der Waals surface area contributed by atoms with Gasteiger partial charge in [-0.1, -0.05) is 19.1 Å². The zero-order chi connectivity index (χ0) is 23.3. The van der Waals surface area contributed by atoms with Crippen LogP contribution in [0.1, 0.15) is 38.2 Å². The fourth-order valence-corrected chi connectivity index (χ4v) is 5.71. The van der Waals surface area contributed by atoms with Crippen molar-refractivity contribution in [3.05, 3.63) is 23.8 Å². The summed E-state index contributed by atoms with van der Waals surface area (Å²) in [7, 11) is -3.98. The number of β-amino-alcohol motifs (C(OH)–C–C–N with tert-alkyl or cyclic N) is 1. The van der Waals surface area contributed by atoms with Gasteiger partial charge in [0.05, 0.1) is 11.8 Å². The summed E-state index contributed by atoms with van der Waals surface area (Å²) in [5.41, 5.74) is 12.3. The number of amides is 1. The lowest BCUT2D eigenvalue weighted by atomic mass is 9.96. The molecule has 11 heteroatoms. The summed E-state index contributed by atoms with van der Waals surface area (Å²) in [6.07, 6.45) is 2.16. The van der Waals surface area contributed by atoms with Crippen LogP contribution >= 0.6 is 0 Å². The number of aliphatic hydroxyl groups is 1. The Bertz CT molecular complexity index is 948. The Hall–Kier alpha value is -2.37. The Kier molecular flexibility index (Phi) is 7.96. The van der Waals surface area contributed by atoms with E-state index in [-0.39, 0.29) is 36.3 Å². The van der Waals surface area contributed by atoms with Crippen LogP contribution in [0.3, 0.4) is 0 Å². The zero-order valence-electron chi connectivity index (χ0n) is 18.5. The maximum atomic E-state index is 13.3. The first kappa shape index (κ1) is 24.3. The van der Waals surface area contributed by atoms with Crippen molar-refractivity contribution >= 4 is 27.6 Å². The maximum absolute atomic E-state index is 13.3. The highest BCUT2D eigenvalue weighted by Crippen LogP contribution is 2.31. The fraction of sp³-hybridized carbons (Fsp3) is 0.619. The molecule has 1 aromatic carbocycles. The number of nitrogens with two attached hydrogens (primary N) is 2. The molecule has 32 heavy (non-hydrogen) atoms. The van der Waals surface area contributed by atoms with Gasteiger partial charge in [-0.3, -0.25) is 9.79 Å². The summed E-state index contributed by atoms with van der Waals surface area (Å²) in [6, 6.07) is 4.22. The molecule has 1 fully saturated rings. The van der Waals surface area contributed by atoms with Crippen LogP contribution in [-0.4, -0.2) is 68.6 Å². The SMILES string of the molecule is CC1CNc2c(cccc2S(=O)(=O)NC(CCCN=C(N)N)C(=O)N2CCCC(O)C2)C1. The molecule has 3 rings (SSSR count). The van der Waals surface area contributed by atoms with Gasteiger partial charge >= 0.3 is 0 Å². The number of nitrogens with one attached hydrogen (secondary N) is 2. The number of nitrogens with zero attached hydrogens (tertiary/aromatic N) is 2. The lowest BCUT2D eigenvalue weighted by Crippen LogP contribution is -2.52. The van der Waals surface area contributed by atoms with E-state index in [1.807, 2.05) is 6.07 Å². The Morgan fingerprint density at radius 2 is 2.19 bits per heavy atom. The molecule has 7 N–H and O–H groups in total. The van der Waals surface area contributed by atoms with E-state index < -0.39 is 22.2 Å². The molecular formula is C21H34N6O4S. The highest BCUT2D eigenvalue weighted by atomic mass is 32.2. The number of guanidine groups is 1. The van der Waals surface area contributed by atoms with Crippen LogP contribution in [0.2, 0.25) is 0 Å². The molecule has 3 atom stereocenters. The number of aliphatic imine (C=N–C) groups is 1. The first-order chi connectivity index (χ1) is 15.2.